The highest BCUT2D eigenvalue weighted by molar-refractivity contribution is 5.95. The van der Waals surface area contributed by atoms with Crippen molar-refractivity contribution in [3.63, 3.8) is 0 Å². The highest BCUT2D eigenvalue weighted by Gasteiger charge is 2.25. The number of carbonyl (C=O) groups is 3. The summed E-state index contributed by atoms with van der Waals surface area (Å²) in [7, 11) is 0. The van der Waals surface area contributed by atoms with Crippen LogP contribution in [0, 0.1) is 0 Å². The fraction of sp³-hybridized carbons (Fsp3) is 0.211. The van der Waals surface area contributed by atoms with Gasteiger partial charge in [-0.05, 0) is 17.7 Å². The van der Waals surface area contributed by atoms with Gasteiger partial charge >= 0.3 is 11.9 Å². The molecule has 2 rings (SSSR count). The van der Waals surface area contributed by atoms with E-state index in [0.29, 0.717) is 5.56 Å². The first-order valence-electron chi connectivity index (χ1n) is 7.80. The van der Waals surface area contributed by atoms with Gasteiger partial charge in [0.15, 0.2) is 0 Å². The lowest BCUT2D eigenvalue weighted by atomic mass is 9.95. The molecular weight excluding hydrogens is 322 g/mol. The van der Waals surface area contributed by atoms with Gasteiger partial charge in [-0.1, -0.05) is 48.5 Å². The maximum atomic E-state index is 12.6. The average Bonchev–Trinajstić information content (AvgIpc) is 2.60. The molecule has 25 heavy (non-hydrogen) atoms. The summed E-state index contributed by atoms with van der Waals surface area (Å²) in [5.41, 5.74) is 1.12. The zero-order valence-electron chi connectivity index (χ0n) is 13.5. The Labute approximate surface area is 145 Å². The van der Waals surface area contributed by atoms with Crippen LogP contribution in [0.15, 0.2) is 60.7 Å². The Balaban J connectivity index is 2.27. The molecule has 0 radical (unpaired) electrons. The van der Waals surface area contributed by atoms with Gasteiger partial charge in [-0.15, -0.1) is 0 Å². The maximum Gasteiger partial charge on any atom is 0.323 e. The molecule has 0 aromatic heterocycles. The number of nitrogens with zero attached hydrogens (tertiary/aromatic N) is 1. The third kappa shape index (κ3) is 5.46. The molecule has 0 heterocycles. The Morgan fingerprint density at radius 1 is 0.840 bits per heavy atom. The van der Waals surface area contributed by atoms with Crippen LogP contribution in [-0.4, -0.2) is 46.0 Å². The van der Waals surface area contributed by atoms with E-state index in [-0.39, 0.29) is 13.0 Å². The van der Waals surface area contributed by atoms with Gasteiger partial charge in [0.25, 0.3) is 5.91 Å². The quantitative estimate of drug-likeness (QED) is 0.769. The summed E-state index contributed by atoms with van der Waals surface area (Å²) in [6, 6.07) is 17.3. The molecule has 6 nitrogen and oxygen atoms in total. The molecule has 2 N–H and O–H groups in total. The lowest BCUT2D eigenvalue weighted by Crippen LogP contribution is -2.39. The van der Waals surface area contributed by atoms with Crippen LogP contribution in [-0.2, 0) is 9.59 Å². The molecule has 130 valence electrons. The Kier molecular flexibility index (Phi) is 6.28. The van der Waals surface area contributed by atoms with Gasteiger partial charge in [-0.25, -0.2) is 0 Å². The standard InChI is InChI=1S/C19H19NO5/c21-17(22)11-16(14-7-3-1-4-8-14)12-20(13-18(23)24)19(25)15-9-5-2-6-10-15/h1-10,16H,11-13H2,(H,21,22)(H,23,24). The van der Waals surface area contributed by atoms with Crippen molar-refractivity contribution in [2.45, 2.75) is 12.3 Å². The molecule has 1 amide bonds. The first-order chi connectivity index (χ1) is 12.0. The number of amides is 1. The molecule has 0 bridgehead atoms. The number of benzene rings is 2. The highest BCUT2D eigenvalue weighted by Crippen LogP contribution is 2.22. The van der Waals surface area contributed by atoms with E-state index in [0.717, 1.165) is 5.56 Å². The molecular formula is C19H19NO5. The number of carboxylic acids is 2. The fourth-order valence-electron chi connectivity index (χ4n) is 2.64. The van der Waals surface area contributed by atoms with Gasteiger partial charge in [0.2, 0.25) is 0 Å². The van der Waals surface area contributed by atoms with Crippen molar-refractivity contribution < 1.29 is 24.6 Å². The smallest absolute Gasteiger partial charge is 0.323 e. The lowest BCUT2D eigenvalue weighted by Gasteiger charge is -2.26. The van der Waals surface area contributed by atoms with Gasteiger partial charge in [-0.3, -0.25) is 14.4 Å². The average molecular weight is 341 g/mol. The Hall–Kier alpha value is -3.15. The number of hydrogen-bond donors (Lipinski definition) is 2. The van der Waals surface area contributed by atoms with Crippen LogP contribution in [0.25, 0.3) is 0 Å². The molecule has 0 aliphatic carbocycles. The van der Waals surface area contributed by atoms with Crippen molar-refractivity contribution in [1.82, 2.24) is 4.90 Å². The lowest BCUT2D eigenvalue weighted by molar-refractivity contribution is -0.137. The monoisotopic (exact) mass is 341 g/mol. The summed E-state index contributed by atoms with van der Waals surface area (Å²) in [6.07, 6.45) is -0.192. The molecule has 2 aromatic rings. The normalized spacial score (nSPS) is 11.5. The van der Waals surface area contributed by atoms with Crippen LogP contribution in [0.4, 0.5) is 0 Å². The second-order valence-electron chi connectivity index (χ2n) is 5.65. The topological polar surface area (TPSA) is 94.9 Å². The molecule has 0 saturated heterocycles. The first-order valence-corrected chi connectivity index (χ1v) is 7.80. The number of carbonyl (C=O) groups excluding carboxylic acids is 1. The van der Waals surface area contributed by atoms with Crippen LogP contribution >= 0.6 is 0 Å². The Morgan fingerprint density at radius 2 is 1.40 bits per heavy atom. The zero-order valence-corrected chi connectivity index (χ0v) is 13.5. The fourth-order valence-corrected chi connectivity index (χ4v) is 2.64. The van der Waals surface area contributed by atoms with Crippen LogP contribution in [0.1, 0.15) is 28.3 Å². The van der Waals surface area contributed by atoms with Crippen molar-refractivity contribution in [2.24, 2.45) is 0 Å². The van der Waals surface area contributed by atoms with Gasteiger partial charge in [0.1, 0.15) is 6.54 Å². The molecule has 1 atom stereocenters. The number of aliphatic carboxylic acids is 2. The molecule has 6 heteroatoms. The van der Waals surface area contributed by atoms with Crippen molar-refractivity contribution in [1.29, 1.82) is 0 Å². The number of carboxylic acid groups (broad SMARTS) is 2. The molecule has 0 aliphatic heterocycles. The van der Waals surface area contributed by atoms with Crippen LogP contribution in [0.5, 0.6) is 0 Å². The molecule has 0 fully saturated rings. The van der Waals surface area contributed by atoms with Gasteiger partial charge < -0.3 is 15.1 Å². The van der Waals surface area contributed by atoms with Gasteiger partial charge in [0, 0.05) is 18.0 Å². The Bertz CT molecular complexity index is 730. The van der Waals surface area contributed by atoms with E-state index in [9.17, 15) is 19.5 Å². The minimum Gasteiger partial charge on any atom is -0.481 e. The third-order valence-corrected chi connectivity index (χ3v) is 3.77. The van der Waals surface area contributed by atoms with Crippen LogP contribution < -0.4 is 0 Å². The second-order valence-corrected chi connectivity index (χ2v) is 5.65. The van der Waals surface area contributed by atoms with Crippen LogP contribution in [0.3, 0.4) is 0 Å². The SMILES string of the molecule is O=C(O)CC(CN(CC(=O)O)C(=O)c1ccccc1)c1ccccc1. The first kappa shape index (κ1) is 18.2. The summed E-state index contributed by atoms with van der Waals surface area (Å²) >= 11 is 0. The predicted molar refractivity (Wildman–Crippen MR) is 91.4 cm³/mol. The minimum absolute atomic E-state index is 0.0103. The highest BCUT2D eigenvalue weighted by atomic mass is 16.4. The van der Waals surface area contributed by atoms with Crippen LogP contribution in [0.2, 0.25) is 0 Å². The van der Waals surface area contributed by atoms with E-state index in [1.807, 2.05) is 6.07 Å². The minimum atomic E-state index is -1.15. The van der Waals surface area contributed by atoms with E-state index < -0.39 is 30.3 Å². The van der Waals surface area contributed by atoms with Gasteiger partial charge in [-0.2, -0.15) is 0 Å². The van der Waals surface area contributed by atoms with Crippen molar-refractivity contribution in [2.75, 3.05) is 13.1 Å². The summed E-state index contributed by atoms with van der Waals surface area (Å²) < 4.78 is 0. The second kappa shape index (κ2) is 8.63. The summed E-state index contributed by atoms with van der Waals surface area (Å²) in [5, 5.41) is 18.3. The molecule has 2 aromatic carbocycles. The maximum absolute atomic E-state index is 12.6. The number of hydrogen-bond acceptors (Lipinski definition) is 3. The van der Waals surface area contributed by atoms with E-state index in [4.69, 9.17) is 5.11 Å². The van der Waals surface area contributed by atoms with E-state index >= 15 is 0 Å². The third-order valence-electron chi connectivity index (χ3n) is 3.77. The Morgan fingerprint density at radius 3 is 1.92 bits per heavy atom. The van der Waals surface area contributed by atoms with Crippen molar-refractivity contribution in [3.8, 4) is 0 Å². The van der Waals surface area contributed by atoms with E-state index in [2.05, 4.69) is 0 Å². The van der Waals surface area contributed by atoms with Crippen molar-refractivity contribution in [3.05, 3.63) is 71.8 Å². The largest absolute Gasteiger partial charge is 0.481 e. The summed E-state index contributed by atoms with van der Waals surface area (Å²) in [6.45, 7) is -0.479. The number of rotatable bonds is 8. The van der Waals surface area contributed by atoms with Gasteiger partial charge in [0.05, 0.1) is 6.42 Å². The predicted octanol–water partition coefficient (Wildman–Crippen LogP) is 2.47. The molecule has 0 spiro atoms. The zero-order chi connectivity index (χ0) is 18.2. The molecule has 0 aliphatic rings. The molecule has 1 unspecified atom stereocenters. The molecule has 0 saturated carbocycles. The van der Waals surface area contributed by atoms with E-state index in [1.54, 1.807) is 54.6 Å². The summed E-state index contributed by atoms with van der Waals surface area (Å²) in [4.78, 5) is 36.2. The van der Waals surface area contributed by atoms with E-state index in [1.165, 1.54) is 4.90 Å². The summed E-state index contributed by atoms with van der Waals surface area (Å²) in [5.74, 6) is -3.08. The van der Waals surface area contributed by atoms with Crippen molar-refractivity contribution >= 4 is 17.8 Å².